The summed E-state index contributed by atoms with van der Waals surface area (Å²) in [4.78, 5) is 19.0. The van der Waals surface area contributed by atoms with E-state index in [0.29, 0.717) is 42.2 Å². The lowest BCUT2D eigenvalue weighted by Gasteiger charge is -2.09. The molecule has 0 aliphatic carbocycles. The number of nitrogens with two attached hydrogens (primary N) is 1. The number of halogens is 1. The number of benzene rings is 1. The van der Waals surface area contributed by atoms with Crippen molar-refractivity contribution in [2.45, 2.75) is 18.9 Å². The number of ketones is 1. The van der Waals surface area contributed by atoms with Crippen molar-refractivity contribution in [1.82, 2.24) is 15.1 Å². The largest absolute Gasteiger partial charge is 0.379 e. The number of carbonyl (C=O) groups excluding carboxylic acids is 1. The van der Waals surface area contributed by atoms with Gasteiger partial charge in [-0.05, 0) is 18.6 Å². The number of nitrogens with zero attached hydrogens (tertiary/aromatic N) is 2. The average molecular weight is 358 g/mol. The van der Waals surface area contributed by atoms with E-state index in [2.05, 4.69) is 19.6 Å². The van der Waals surface area contributed by atoms with Crippen LogP contribution in [0.4, 0.5) is 4.39 Å². The van der Waals surface area contributed by atoms with Crippen LogP contribution in [0, 0.1) is 5.82 Å². The first-order valence-corrected chi connectivity index (χ1v) is 8.22. The van der Waals surface area contributed by atoms with Gasteiger partial charge in [0.1, 0.15) is 23.6 Å². The molecule has 0 saturated carbocycles. The van der Waals surface area contributed by atoms with Crippen molar-refractivity contribution in [2.75, 3.05) is 13.2 Å². The Morgan fingerprint density at radius 3 is 2.96 bits per heavy atom. The molecule has 0 aliphatic rings. The Morgan fingerprint density at radius 1 is 1.35 bits per heavy atom. The predicted molar refractivity (Wildman–Crippen MR) is 91.8 cm³/mol. The van der Waals surface area contributed by atoms with E-state index >= 15 is 0 Å². The maximum atomic E-state index is 13.8. The molecule has 1 atom stereocenters. The summed E-state index contributed by atoms with van der Waals surface area (Å²) in [6, 6.07) is 7.50. The standard InChI is InChI=1S/C18H19FN4O3/c19-13-5-2-1-4-12(13)16-10-21-18(22-16)14(20)11-25-8-3-6-17(24)15-7-9-26-23-15/h1-2,4-5,7,9-10,14H,3,6,8,11,20H2,(H,21,22)/t14-/m0/s1. The topological polar surface area (TPSA) is 107 Å². The Kier molecular flexibility index (Phi) is 5.88. The fourth-order valence-corrected chi connectivity index (χ4v) is 2.45. The van der Waals surface area contributed by atoms with Crippen molar-refractivity contribution in [3.63, 3.8) is 0 Å². The number of hydrogen-bond donors (Lipinski definition) is 2. The van der Waals surface area contributed by atoms with Crippen molar-refractivity contribution in [1.29, 1.82) is 0 Å². The van der Waals surface area contributed by atoms with Crippen LogP contribution in [0.2, 0.25) is 0 Å². The molecule has 3 rings (SSSR count). The summed E-state index contributed by atoms with van der Waals surface area (Å²) in [5.41, 5.74) is 7.36. The van der Waals surface area contributed by atoms with Crippen LogP contribution in [0.5, 0.6) is 0 Å². The van der Waals surface area contributed by atoms with Gasteiger partial charge in [0.2, 0.25) is 0 Å². The highest BCUT2D eigenvalue weighted by atomic mass is 19.1. The number of Topliss-reactive ketones (excluding diaryl/α,β-unsaturated/α-hetero) is 1. The summed E-state index contributed by atoms with van der Waals surface area (Å²) in [6.07, 6.45) is 3.78. The molecule has 0 fully saturated rings. The normalized spacial score (nSPS) is 12.2. The van der Waals surface area contributed by atoms with Gasteiger partial charge in [-0.2, -0.15) is 0 Å². The highest BCUT2D eigenvalue weighted by molar-refractivity contribution is 5.93. The van der Waals surface area contributed by atoms with Crippen molar-refractivity contribution in [2.24, 2.45) is 5.73 Å². The fraction of sp³-hybridized carbons (Fsp3) is 0.278. The van der Waals surface area contributed by atoms with E-state index in [9.17, 15) is 9.18 Å². The zero-order valence-corrected chi connectivity index (χ0v) is 14.0. The molecule has 136 valence electrons. The van der Waals surface area contributed by atoms with E-state index < -0.39 is 6.04 Å². The first kappa shape index (κ1) is 18.0. The van der Waals surface area contributed by atoms with Gasteiger partial charge in [-0.25, -0.2) is 9.37 Å². The lowest BCUT2D eigenvalue weighted by molar-refractivity contribution is 0.0911. The van der Waals surface area contributed by atoms with E-state index in [-0.39, 0.29) is 18.2 Å². The molecule has 2 heterocycles. The summed E-state index contributed by atoms with van der Waals surface area (Å²) in [5.74, 6) is 0.0958. The third-order valence-corrected chi connectivity index (χ3v) is 3.82. The van der Waals surface area contributed by atoms with Crippen LogP contribution in [0.1, 0.15) is 35.2 Å². The summed E-state index contributed by atoms with van der Waals surface area (Å²) < 4.78 is 23.9. The van der Waals surface area contributed by atoms with Crippen LogP contribution >= 0.6 is 0 Å². The Morgan fingerprint density at radius 2 is 2.19 bits per heavy atom. The summed E-state index contributed by atoms with van der Waals surface area (Å²) >= 11 is 0. The van der Waals surface area contributed by atoms with Crippen molar-refractivity contribution in [3.05, 3.63) is 60.1 Å². The second kappa shape index (κ2) is 8.50. The summed E-state index contributed by atoms with van der Waals surface area (Å²) in [6.45, 7) is 0.626. The van der Waals surface area contributed by atoms with Gasteiger partial charge < -0.3 is 20.0 Å². The number of imidazole rings is 1. The van der Waals surface area contributed by atoms with Gasteiger partial charge in [0.15, 0.2) is 5.78 Å². The molecular formula is C18H19FN4O3. The van der Waals surface area contributed by atoms with Crippen molar-refractivity contribution in [3.8, 4) is 11.3 Å². The van der Waals surface area contributed by atoms with Gasteiger partial charge in [-0.1, -0.05) is 17.3 Å². The molecule has 2 aromatic heterocycles. The van der Waals surface area contributed by atoms with Gasteiger partial charge >= 0.3 is 0 Å². The average Bonchev–Trinajstić information content (AvgIpc) is 3.33. The first-order valence-electron chi connectivity index (χ1n) is 8.22. The third kappa shape index (κ3) is 4.41. The third-order valence-electron chi connectivity index (χ3n) is 3.82. The van der Waals surface area contributed by atoms with Gasteiger partial charge in [0, 0.05) is 24.7 Å². The van der Waals surface area contributed by atoms with Gasteiger partial charge in [-0.3, -0.25) is 4.79 Å². The molecule has 0 unspecified atom stereocenters. The van der Waals surface area contributed by atoms with Crippen molar-refractivity contribution < 1.29 is 18.4 Å². The molecule has 3 N–H and O–H groups in total. The Balaban J connectivity index is 1.43. The minimum absolute atomic E-state index is 0.0905. The quantitative estimate of drug-likeness (QED) is 0.450. The van der Waals surface area contributed by atoms with Crippen LogP contribution in [0.15, 0.2) is 47.3 Å². The smallest absolute Gasteiger partial charge is 0.184 e. The lowest BCUT2D eigenvalue weighted by Crippen LogP contribution is -2.19. The van der Waals surface area contributed by atoms with E-state index in [0.717, 1.165) is 0 Å². The Labute approximate surface area is 149 Å². The Hall–Kier alpha value is -2.84. The molecule has 8 heteroatoms. The van der Waals surface area contributed by atoms with Gasteiger partial charge in [0.05, 0.1) is 24.5 Å². The number of nitrogens with one attached hydrogen (secondary N) is 1. The zero-order valence-electron chi connectivity index (χ0n) is 14.0. The molecule has 0 bridgehead atoms. The monoisotopic (exact) mass is 358 g/mol. The van der Waals surface area contributed by atoms with Crippen LogP contribution < -0.4 is 5.73 Å². The predicted octanol–water partition coefficient (Wildman–Crippen LogP) is 2.88. The zero-order chi connectivity index (χ0) is 18.4. The SMILES string of the molecule is N[C@@H](COCCCC(=O)c1ccon1)c1ncc(-c2ccccc2F)[nH]1. The van der Waals surface area contributed by atoms with Crippen molar-refractivity contribution >= 4 is 5.78 Å². The number of carbonyl (C=O) groups is 1. The van der Waals surface area contributed by atoms with E-state index in [1.807, 2.05) is 0 Å². The van der Waals surface area contributed by atoms with E-state index in [1.165, 1.54) is 18.4 Å². The second-order valence-electron chi connectivity index (χ2n) is 5.75. The fourth-order valence-electron chi connectivity index (χ4n) is 2.45. The molecule has 7 nitrogen and oxygen atoms in total. The molecular weight excluding hydrogens is 339 g/mol. The number of hydrogen-bond acceptors (Lipinski definition) is 6. The minimum atomic E-state index is -0.471. The number of H-pyrrole nitrogens is 1. The highest BCUT2D eigenvalue weighted by Crippen LogP contribution is 2.21. The lowest BCUT2D eigenvalue weighted by atomic mass is 10.1. The Bertz CT molecular complexity index is 848. The maximum absolute atomic E-state index is 13.8. The van der Waals surface area contributed by atoms with E-state index in [1.54, 1.807) is 24.4 Å². The molecule has 0 aliphatic heterocycles. The van der Waals surface area contributed by atoms with Crippen LogP contribution in [-0.2, 0) is 4.74 Å². The highest BCUT2D eigenvalue weighted by Gasteiger charge is 2.14. The van der Waals surface area contributed by atoms with Crippen LogP contribution in [0.3, 0.4) is 0 Å². The van der Waals surface area contributed by atoms with Crippen LogP contribution in [-0.4, -0.2) is 34.1 Å². The number of ether oxygens (including phenoxy) is 1. The maximum Gasteiger partial charge on any atom is 0.184 e. The first-order chi connectivity index (χ1) is 12.6. The number of rotatable bonds is 9. The minimum Gasteiger partial charge on any atom is -0.379 e. The van der Waals surface area contributed by atoms with Gasteiger partial charge in [-0.15, -0.1) is 0 Å². The molecule has 1 aromatic carbocycles. The summed E-state index contributed by atoms with van der Waals surface area (Å²) in [7, 11) is 0. The number of aromatic amines is 1. The summed E-state index contributed by atoms with van der Waals surface area (Å²) in [5, 5.41) is 3.59. The van der Waals surface area contributed by atoms with E-state index in [4.69, 9.17) is 10.5 Å². The molecule has 0 spiro atoms. The molecule has 3 aromatic rings. The van der Waals surface area contributed by atoms with Gasteiger partial charge in [0.25, 0.3) is 0 Å². The number of aromatic nitrogens is 3. The molecule has 0 saturated heterocycles. The molecule has 0 radical (unpaired) electrons. The second-order valence-corrected chi connectivity index (χ2v) is 5.75. The molecule has 0 amide bonds. The van der Waals surface area contributed by atoms with Crippen LogP contribution in [0.25, 0.3) is 11.3 Å². The molecule has 26 heavy (non-hydrogen) atoms.